The van der Waals surface area contributed by atoms with E-state index in [2.05, 4.69) is 24.5 Å². The molecule has 0 aliphatic heterocycles. The van der Waals surface area contributed by atoms with Crippen LogP contribution in [0.15, 0.2) is 24.3 Å². The van der Waals surface area contributed by atoms with Crippen LogP contribution in [0.2, 0.25) is 0 Å². The highest BCUT2D eigenvalue weighted by atomic mass is 16.2. The molecule has 1 fully saturated rings. The number of primary amides is 1. The topological polar surface area (TPSA) is 67.2 Å². The van der Waals surface area contributed by atoms with Crippen molar-refractivity contribution in [3.05, 3.63) is 24.3 Å². The monoisotopic (exact) mass is 261 g/mol. The molecule has 2 rings (SSSR count). The van der Waals surface area contributed by atoms with Gasteiger partial charge in [0.25, 0.3) is 0 Å². The first-order valence-electron chi connectivity index (χ1n) is 6.97. The third-order valence-corrected chi connectivity index (χ3v) is 4.12. The molecule has 104 valence electrons. The number of amides is 2. The summed E-state index contributed by atoms with van der Waals surface area (Å²) in [7, 11) is 0. The van der Waals surface area contributed by atoms with Gasteiger partial charge in [0.2, 0.25) is 0 Å². The molecular formula is C15H23N3O. The van der Waals surface area contributed by atoms with Crippen LogP contribution >= 0.6 is 0 Å². The van der Waals surface area contributed by atoms with Gasteiger partial charge in [-0.05, 0) is 55.4 Å². The fourth-order valence-electron chi connectivity index (χ4n) is 2.71. The van der Waals surface area contributed by atoms with Crippen molar-refractivity contribution in [3.8, 4) is 0 Å². The Bertz CT molecular complexity index is 430. The molecular weight excluding hydrogens is 238 g/mol. The molecule has 4 nitrogen and oxygen atoms in total. The third kappa shape index (κ3) is 3.88. The summed E-state index contributed by atoms with van der Waals surface area (Å²) in [5, 5.41) is 6.13. The number of nitrogens with one attached hydrogen (secondary N) is 2. The van der Waals surface area contributed by atoms with Crippen LogP contribution in [0.4, 0.5) is 16.2 Å². The summed E-state index contributed by atoms with van der Waals surface area (Å²) in [5.74, 6) is 1.61. The lowest BCUT2D eigenvalue weighted by atomic mass is 9.79. The van der Waals surface area contributed by atoms with E-state index in [0.29, 0.717) is 6.04 Å². The average Bonchev–Trinajstić information content (AvgIpc) is 2.36. The minimum Gasteiger partial charge on any atom is -0.382 e. The highest BCUT2D eigenvalue weighted by molar-refractivity contribution is 5.87. The molecule has 4 heteroatoms. The fourth-order valence-corrected chi connectivity index (χ4v) is 2.71. The maximum Gasteiger partial charge on any atom is 0.316 e. The van der Waals surface area contributed by atoms with E-state index < -0.39 is 6.03 Å². The molecule has 1 aromatic carbocycles. The van der Waals surface area contributed by atoms with Gasteiger partial charge in [-0.1, -0.05) is 13.8 Å². The number of benzene rings is 1. The van der Waals surface area contributed by atoms with Crippen LogP contribution in [0.1, 0.15) is 33.1 Å². The molecule has 19 heavy (non-hydrogen) atoms. The zero-order valence-corrected chi connectivity index (χ0v) is 11.6. The summed E-state index contributed by atoms with van der Waals surface area (Å²) in [6.45, 7) is 4.67. The zero-order chi connectivity index (χ0) is 13.8. The minimum absolute atomic E-state index is 0.532. The SMILES string of the molecule is CC1CCC(Nc2ccc(NC(N)=O)cc2)CC1C. The molecule has 0 spiro atoms. The Kier molecular flexibility index (Phi) is 4.30. The molecule has 0 saturated heterocycles. The number of hydrogen-bond donors (Lipinski definition) is 3. The maximum absolute atomic E-state index is 10.7. The Labute approximate surface area is 114 Å². The molecule has 1 aliphatic carbocycles. The fraction of sp³-hybridized carbons (Fsp3) is 0.533. The highest BCUT2D eigenvalue weighted by Crippen LogP contribution is 2.31. The van der Waals surface area contributed by atoms with Gasteiger partial charge in [0.15, 0.2) is 0 Å². The summed E-state index contributed by atoms with van der Waals surface area (Å²) in [5.41, 5.74) is 6.90. The minimum atomic E-state index is -0.532. The summed E-state index contributed by atoms with van der Waals surface area (Å²) < 4.78 is 0. The Morgan fingerprint density at radius 3 is 2.32 bits per heavy atom. The first-order chi connectivity index (χ1) is 9.04. The first kappa shape index (κ1) is 13.7. The Morgan fingerprint density at radius 1 is 1.11 bits per heavy atom. The maximum atomic E-state index is 10.7. The van der Waals surface area contributed by atoms with Crippen LogP contribution in [-0.2, 0) is 0 Å². The van der Waals surface area contributed by atoms with E-state index in [1.165, 1.54) is 19.3 Å². The van der Waals surface area contributed by atoms with Gasteiger partial charge in [-0.15, -0.1) is 0 Å². The van der Waals surface area contributed by atoms with Crippen molar-refractivity contribution in [2.24, 2.45) is 17.6 Å². The molecule has 1 saturated carbocycles. The molecule has 0 radical (unpaired) electrons. The summed E-state index contributed by atoms with van der Waals surface area (Å²) in [6, 6.07) is 7.71. The van der Waals surface area contributed by atoms with E-state index in [9.17, 15) is 4.79 Å². The lowest BCUT2D eigenvalue weighted by Gasteiger charge is -2.33. The lowest BCUT2D eigenvalue weighted by Crippen LogP contribution is -2.30. The van der Waals surface area contributed by atoms with Crippen LogP contribution in [0.5, 0.6) is 0 Å². The van der Waals surface area contributed by atoms with Crippen molar-refractivity contribution in [3.63, 3.8) is 0 Å². The van der Waals surface area contributed by atoms with Gasteiger partial charge >= 0.3 is 6.03 Å². The molecule has 3 atom stereocenters. The Morgan fingerprint density at radius 2 is 1.74 bits per heavy atom. The molecule has 3 unspecified atom stereocenters. The zero-order valence-electron chi connectivity index (χ0n) is 11.6. The molecule has 0 bridgehead atoms. The average molecular weight is 261 g/mol. The van der Waals surface area contributed by atoms with Crippen LogP contribution < -0.4 is 16.4 Å². The smallest absolute Gasteiger partial charge is 0.316 e. The van der Waals surface area contributed by atoms with Crippen LogP contribution in [-0.4, -0.2) is 12.1 Å². The number of urea groups is 1. The second-order valence-corrected chi connectivity index (χ2v) is 5.68. The second kappa shape index (κ2) is 5.95. The van der Waals surface area contributed by atoms with Gasteiger partial charge < -0.3 is 16.4 Å². The van der Waals surface area contributed by atoms with Gasteiger partial charge in [0, 0.05) is 17.4 Å². The van der Waals surface area contributed by atoms with Crippen molar-refractivity contribution in [1.82, 2.24) is 0 Å². The third-order valence-electron chi connectivity index (χ3n) is 4.12. The van der Waals surface area contributed by atoms with Gasteiger partial charge in [0.05, 0.1) is 0 Å². The second-order valence-electron chi connectivity index (χ2n) is 5.68. The molecule has 0 aromatic heterocycles. The van der Waals surface area contributed by atoms with Crippen LogP contribution in [0.25, 0.3) is 0 Å². The van der Waals surface area contributed by atoms with Crippen LogP contribution in [0, 0.1) is 11.8 Å². The van der Waals surface area contributed by atoms with Gasteiger partial charge in [-0.25, -0.2) is 4.79 Å². The molecule has 1 aliphatic rings. The summed E-state index contributed by atoms with van der Waals surface area (Å²) in [4.78, 5) is 10.7. The van der Waals surface area contributed by atoms with Gasteiger partial charge in [-0.2, -0.15) is 0 Å². The lowest BCUT2D eigenvalue weighted by molar-refractivity contribution is 0.259. The van der Waals surface area contributed by atoms with Crippen molar-refractivity contribution in [1.29, 1.82) is 0 Å². The highest BCUT2D eigenvalue weighted by Gasteiger charge is 2.24. The van der Waals surface area contributed by atoms with E-state index in [4.69, 9.17) is 5.73 Å². The van der Waals surface area contributed by atoms with E-state index >= 15 is 0 Å². The van der Waals surface area contributed by atoms with Crippen LogP contribution in [0.3, 0.4) is 0 Å². The number of nitrogens with two attached hydrogens (primary N) is 1. The molecule has 0 heterocycles. The quantitative estimate of drug-likeness (QED) is 0.780. The largest absolute Gasteiger partial charge is 0.382 e. The van der Waals surface area contributed by atoms with Gasteiger partial charge in [-0.3, -0.25) is 0 Å². The van der Waals surface area contributed by atoms with E-state index in [-0.39, 0.29) is 0 Å². The van der Waals surface area contributed by atoms with E-state index in [0.717, 1.165) is 23.2 Å². The van der Waals surface area contributed by atoms with Crippen molar-refractivity contribution < 1.29 is 4.79 Å². The predicted molar refractivity (Wildman–Crippen MR) is 79.2 cm³/mol. The standard InChI is InChI=1S/C15H23N3O/c1-10-3-4-14(9-11(10)2)17-12-5-7-13(8-6-12)18-15(16)19/h5-8,10-11,14,17H,3-4,9H2,1-2H3,(H3,16,18,19). The Hall–Kier alpha value is -1.71. The van der Waals surface area contributed by atoms with E-state index in [1.54, 1.807) is 0 Å². The first-order valence-corrected chi connectivity index (χ1v) is 6.97. The number of rotatable bonds is 3. The van der Waals surface area contributed by atoms with Crippen molar-refractivity contribution >= 4 is 17.4 Å². The predicted octanol–water partition coefficient (Wildman–Crippen LogP) is 3.41. The molecule has 2 amide bonds. The number of carbonyl (C=O) groups is 1. The summed E-state index contributed by atoms with van der Waals surface area (Å²) in [6.07, 6.45) is 3.75. The Balaban J connectivity index is 1.91. The summed E-state index contributed by atoms with van der Waals surface area (Å²) >= 11 is 0. The van der Waals surface area contributed by atoms with Crippen molar-refractivity contribution in [2.75, 3.05) is 10.6 Å². The molecule has 1 aromatic rings. The number of hydrogen-bond acceptors (Lipinski definition) is 2. The van der Waals surface area contributed by atoms with Crippen molar-refractivity contribution in [2.45, 2.75) is 39.2 Å². The number of anilines is 2. The van der Waals surface area contributed by atoms with Gasteiger partial charge in [0.1, 0.15) is 0 Å². The molecule has 4 N–H and O–H groups in total. The van der Waals surface area contributed by atoms with E-state index in [1.807, 2.05) is 24.3 Å². The normalized spacial score (nSPS) is 26.7. The number of carbonyl (C=O) groups excluding carboxylic acids is 1.